The highest BCUT2D eigenvalue weighted by Gasteiger charge is 2.32. The van der Waals surface area contributed by atoms with Crippen LogP contribution in [0.1, 0.15) is 23.7 Å². The van der Waals surface area contributed by atoms with Gasteiger partial charge in [-0.25, -0.2) is 13.2 Å². The number of hydrogen-bond acceptors (Lipinski definition) is 5. The van der Waals surface area contributed by atoms with Crippen molar-refractivity contribution >= 4 is 33.3 Å². The molecule has 0 bridgehead atoms. The summed E-state index contributed by atoms with van der Waals surface area (Å²) >= 11 is 0. The highest BCUT2D eigenvalue weighted by atomic mass is 32.2. The van der Waals surface area contributed by atoms with Gasteiger partial charge in [0.25, 0.3) is 0 Å². The minimum absolute atomic E-state index is 0.189. The molecule has 0 radical (unpaired) electrons. The summed E-state index contributed by atoms with van der Waals surface area (Å²) in [5, 5.41) is 2.65. The number of amides is 1. The number of ether oxygens (including phenoxy) is 1. The molecule has 1 N–H and O–H groups in total. The molecule has 2 aromatic carbocycles. The molecule has 0 saturated heterocycles. The van der Waals surface area contributed by atoms with E-state index in [4.69, 9.17) is 4.74 Å². The van der Waals surface area contributed by atoms with Crippen molar-refractivity contribution in [1.82, 2.24) is 0 Å². The van der Waals surface area contributed by atoms with Crippen LogP contribution in [0.3, 0.4) is 0 Å². The number of anilines is 2. The molecule has 1 atom stereocenters. The lowest BCUT2D eigenvalue weighted by Gasteiger charge is -2.30. The number of esters is 1. The summed E-state index contributed by atoms with van der Waals surface area (Å²) in [6, 6.07) is 13.8. The lowest BCUT2D eigenvalue weighted by Crippen LogP contribution is -2.47. The van der Waals surface area contributed by atoms with Gasteiger partial charge in [0.05, 0.1) is 30.3 Å². The van der Waals surface area contributed by atoms with Crippen LogP contribution in [0.5, 0.6) is 0 Å². The summed E-state index contributed by atoms with van der Waals surface area (Å²) in [6.07, 6.45) is 1.30. The number of benzene rings is 2. The highest BCUT2D eigenvalue weighted by Crippen LogP contribution is 2.24. The van der Waals surface area contributed by atoms with Crippen LogP contribution in [0.15, 0.2) is 54.6 Å². The minimum atomic E-state index is -3.72. The maximum atomic E-state index is 12.9. The van der Waals surface area contributed by atoms with Crippen LogP contribution >= 0.6 is 0 Å². The van der Waals surface area contributed by atoms with Gasteiger partial charge in [0, 0.05) is 0 Å². The Hall–Kier alpha value is -2.87. The van der Waals surface area contributed by atoms with E-state index in [0.717, 1.165) is 10.6 Å². The molecular weight excluding hydrogens is 368 g/mol. The Morgan fingerprint density at radius 1 is 1.07 bits per heavy atom. The average Bonchev–Trinajstić information content (AvgIpc) is 2.65. The van der Waals surface area contributed by atoms with Crippen LogP contribution < -0.4 is 9.62 Å². The van der Waals surface area contributed by atoms with Crippen LogP contribution in [0.2, 0.25) is 0 Å². The zero-order valence-corrected chi connectivity index (χ0v) is 16.2. The number of hydrogen-bond donors (Lipinski definition) is 1. The number of methoxy groups -OCH3 is 1. The molecule has 0 heterocycles. The Labute approximate surface area is 159 Å². The predicted octanol–water partition coefficient (Wildman–Crippen LogP) is 2.66. The first-order valence-electron chi connectivity index (χ1n) is 8.32. The summed E-state index contributed by atoms with van der Waals surface area (Å²) in [5.41, 5.74) is 0.839. The molecule has 0 saturated carbocycles. The normalized spacial score (nSPS) is 12.1. The van der Waals surface area contributed by atoms with E-state index in [1.54, 1.807) is 55.5 Å². The monoisotopic (exact) mass is 390 g/mol. The molecule has 0 aliphatic heterocycles. The predicted molar refractivity (Wildman–Crippen MR) is 104 cm³/mol. The average molecular weight is 390 g/mol. The number of nitrogens with one attached hydrogen (secondary N) is 1. The van der Waals surface area contributed by atoms with E-state index in [0.29, 0.717) is 5.69 Å². The van der Waals surface area contributed by atoms with Crippen LogP contribution in [-0.4, -0.2) is 39.7 Å². The summed E-state index contributed by atoms with van der Waals surface area (Å²) in [7, 11) is -2.47. The van der Waals surface area contributed by atoms with E-state index in [9.17, 15) is 18.0 Å². The Morgan fingerprint density at radius 2 is 1.67 bits per heavy atom. The smallest absolute Gasteiger partial charge is 0.339 e. The molecule has 27 heavy (non-hydrogen) atoms. The van der Waals surface area contributed by atoms with E-state index in [-0.39, 0.29) is 17.7 Å². The van der Waals surface area contributed by atoms with E-state index < -0.39 is 27.9 Å². The Morgan fingerprint density at radius 3 is 2.22 bits per heavy atom. The molecule has 0 aromatic heterocycles. The van der Waals surface area contributed by atoms with Crippen molar-refractivity contribution < 1.29 is 22.7 Å². The van der Waals surface area contributed by atoms with Gasteiger partial charge in [0.15, 0.2) is 0 Å². The van der Waals surface area contributed by atoms with Gasteiger partial charge in [-0.2, -0.15) is 0 Å². The van der Waals surface area contributed by atoms with Gasteiger partial charge in [-0.15, -0.1) is 0 Å². The van der Waals surface area contributed by atoms with Crippen molar-refractivity contribution in [3.05, 3.63) is 60.2 Å². The third kappa shape index (κ3) is 4.85. The highest BCUT2D eigenvalue weighted by molar-refractivity contribution is 7.92. The van der Waals surface area contributed by atoms with Gasteiger partial charge in [-0.3, -0.25) is 9.10 Å². The first kappa shape index (κ1) is 20.4. The van der Waals surface area contributed by atoms with Crippen LogP contribution in [0.25, 0.3) is 0 Å². The van der Waals surface area contributed by atoms with Gasteiger partial charge < -0.3 is 10.1 Å². The summed E-state index contributed by atoms with van der Waals surface area (Å²) in [5.74, 6) is -1.13. The van der Waals surface area contributed by atoms with Gasteiger partial charge in [0.1, 0.15) is 6.04 Å². The second-order valence-electron chi connectivity index (χ2n) is 5.84. The topological polar surface area (TPSA) is 92.8 Å². The quantitative estimate of drug-likeness (QED) is 0.734. The molecular formula is C19H22N2O5S. The van der Waals surface area contributed by atoms with Crippen molar-refractivity contribution in [2.75, 3.05) is 23.0 Å². The lowest BCUT2D eigenvalue weighted by molar-refractivity contribution is -0.117. The third-order valence-corrected chi connectivity index (χ3v) is 5.11. The van der Waals surface area contributed by atoms with Gasteiger partial charge in [-0.05, 0) is 30.7 Å². The summed E-state index contributed by atoms with van der Waals surface area (Å²) in [4.78, 5) is 24.8. The number of carbonyl (C=O) groups is 2. The molecule has 1 amide bonds. The van der Waals surface area contributed by atoms with Gasteiger partial charge >= 0.3 is 5.97 Å². The van der Waals surface area contributed by atoms with Crippen LogP contribution in [-0.2, 0) is 19.6 Å². The van der Waals surface area contributed by atoms with E-state index in [2.05, 4.69) is 5.32 Å². The fourth-order valence-corrected chi connectivity index (χ4v) is 3.94. The van der Waals surface area contributed by atoms with Crippen molar-refractivity contribution in [1.29, 1.82) is 0 Å². The lowest BCUT2D eigenvalue weighted by atomic mass is 10.1. The van der Waals surface area contributed by atoms with E-state index in [1.807, 2.05) is 0 Å². The minimum Gasteiger partial charge on any atom is -0.465 e. The van der Waals surface area contributed by atoms with E-state index in [1.165, 1.54) is 13.2 Å². The zero-order valence-electron chi connectivity index (χ0n) is 15.4. The van der Waals surface area contributed by atoms with Crippen molar-refractivity contribution in [2.45, 2.75) is 19.4 Å². The second kappa shape index (κ2) is 8.68. The molecule has 0 aliphatic carbocycles. The maximum Gasteiger partial charge on any atom is 0.339 e. The van der Waals surface area contributed by atoms with Crippen molar-refractivity contribution in [3.63, 3.8) is 0 Å². The molecule has 0 spiro atoms. The first-order chi connectivity index (χ1) is 12.8. The van der Waals surface area contributed by atoms with E-state index >= 15 is 0 Å². The largest absolute Gasteiger partial charge is 0.465 e. The molecule has 0 aliphatic rings. The molecule has 144 valence electrons. The van der Waals surface area contributed by atoms with Gasteiger partial charge in [-0.1, -0.05) is 37.3 Å². The summed E-state index contributed by atoms with van der Waals surface area (Å²) in [6.45, 7) is 1.72. The number of nitrogens with zero attached hydrogens (tertiary/aromatic N) is 1. The molecule has 8 heteroatoms. The fourth-order valence-electron chi connectivity index (χ4n) is 2.73. The maximum absolute atomic E-state index is 12.9. The molecule has 2 aromatic rings. The number of para-hydroxylation sites is 2. The van der Waals surface area contributed by atoms with Crippen molar-refractivity contribution in [2.24, 2.45) is 0 Å². The molecule has 7 nitrogen and oxygen atoms in total. The third-order valence-electron chi connectivity index (χ3n) is 3.93. The Bertz CT molecular complexity index is 913. The number of rotatable bonds is 7. The second-order valence-corrected chi connectivity index (χ2v) is 7.70. The SMILES string of the molecule is CC[C@H](C(=O)Nc1ccccc1C(=O)OC)N(c1ccccc1)S(C)(=O)=O. The Kier molecular flexibility index (Phi) is 6.57. The fraction of sp³-hybridized carbons (Fsp3) is 0.263. The zero-order chi connectivity index (χ0) is 20.0. The van der Waals surface area contributed by atoms with Gasteiger partial charge in [0.2, 0.25) is 15.9 Å². The van der Waals surface area contributed by atoms with Crippen LogP contribution in [0.4, 0.5) is 11.4 Å². The number of carbonyl (C=O) groups excluding carboxylic acids is 2. The van der Waals surface area contributed by atoms with Crippen LogP contribution in [0, 0.1) is 0 Å². The molecule has 0 unspecified atom stereocenters. The molecule has 2 rings (SSSR count). The number of sulfonamides is 1. The standard InChI is InChI=1S/C19H22N2O5S/c1-4-17(21(27(3,24)25)14-10-6-5-7-11-14)18(22)20-16-13-9-8-12-15(16)19(23)26-2/h5-13,17H,4H2,1-3H3,(H,20,22)/t17-/m1/s1. The molecule has 0 fully saturated rings. The first-order valence-corrected chi connectivity index (χ1v) is 10.2. The Balaban J connectivity index is 2.39. The van der Waals surface area contributed by atoms with Crippen molar-refractivity contribution in [3.8, 4) is 0 Å². The summed E-state index contributed by atoms with van der Waals surface area (Å²) < 4.78 is 30.6.